The Kier molecular flexibility index (Phi) is 3.37. The molecule has 0 atom stereocenters. The second-order valence-electron chi connectivity index (χ2n) is 3.31. The fourth-order valence-electron chi connectivity index (χ4n) is 0.434. The Bertz CT molecular complexity index is 167. The summed E-state index contributed by atoms with van der Waals surface area (Å²) < 4.78 is 4.97. The van der Waals surface area contributed by atoms with Gasteiger partial charge in [0.05, 0.1) is 7.85 Å². The molecule has 0 aliphatic rings. The zero-order valence-corrected chi connectivity index (χ0v) is 7.31. The highest BCUT2D eigenvalue weighted by Crippen LogP contribution is 2.10. The van der Waals surface area contributed by atoms with Crippen LogP contribution in [0.5, 0.6) is 0 Å². The molecule has 0 aromatic heterocycles. The van der Waals surface area contributed by atoms with Crippen LogP contribution in [0, 0.1) is 0 Å². The van der Waals surface area contributed by atoms with Gasteiger partial charge in [0.2, 0.25) is 0 Å². The van der Waals surface area contributed by atoms with Crippen molar-refractivity contribution in [3.8, 4) is 0 Å². The first-order valence-electron chi connectivity index (χ1n) is 3.48. The molecule has 0 aliphatic heterocycles. The molecule has 0 spiro atoms. The predicted molar refractivity (Wildman–Crippen MR) is 45.5 cm³/mol. The largest absolute Gasteiger partial charge is 0.457 e. The SMILES string of the molecule is [B]CC(=C)C(=O)OC(C)(C)C. The van der Waals surface area contributed by atoms with Gasteiger partial charge in [-0.1, -0.05) is 12.9 Å². The molecule has 0 saturated heterocycles. The molecule has 11 heavy (non-hydrogen) atoms. The molecule has 0 fully saturated rings. The zero-order chi connectivity index (χ0) is 9.07. The molecule has 2 nitrogen and oxygen atoms in total. The lowest BCUT2D eigenvalue weighted by Gasteiger charge is -2.19. The van der Waals surface area contributed by atoms with Gasteiger partial charge in [-0.2, -0.15) is 0 Å². The number of carbonyl (C=O) groups excluding carboxylic acids is 1. The van der Waals surface area contributed by atoms with Gasteiger partial charge in [0.15, 0.2) is 0 Å². The quantitative estimate of drug-likeness (QED) is 0.340. The molecule has 0 rings (SSSR count). The molecule has 3 heteroatoms. The Balaban J connectivity index is 3.99. The molecule has 0 aliphatic carbocycles. The molecular weight excluding hydrogens is 139 g/mol. The first-order chi connectivity index (χ1) is 4.87. The van der Waals surface area contributed by atoms with Crippen molar-refractivity contribution in [2.45, 2.75) is 32.7 Å². The van der Waals surface area contributed by atoms with Gasteiger partial charge in [-0.05, 0) is 20.8 Å². The highest BCUT2D eigenvalue weighted by Gasteiger charge is 2.16. The van der Waals surface area contributed by atoms with E-state index in [0.717, 1.165) is 0 Å². The van der Waals surface area contributed by atoms with Gasteiger partial charge < -0.3 is 4.74 Å². The fraction of sp³-hybridized carbons (Fsp3) is 0.625. The van der Waals surface area contributed by atoms with Crippen molar-refractivity contribution >= 4 is 13.8 Å². The monoisotopic (exact) mass is 152 g/mol. The highest BCUT2D eigenvalue weighted by molar-refractivity contribution is 6.14. The molecular formula is C8H13BO2. The number of esters is 1. The van der Waals surface area contributed by atoms with Gasteiger partial charge in [0.25, 0.3) is 0 Å². The molecule has 0 saturated carbocycles. The van der Waals surface area contributed by atoms with Crippen LogP contribution in [0.15, 0.2) is 12.2 Å². The van der Waals surface area contributed by atoms with Crippen LogP contribution < -0.4 is 0 Å². The van der Waals surface area contributed by atoms with E-state index in [2.05, 4.69) is 6.58 Å². The van der Waals surface area contributed by atoms with Crippen LogP contribution in [0.1, 0.15) is 20.8 Å². The summed E-state index contributed by atoms with van der Waals surface area (Å²) >= 11 is 0. The number of hydrogen-bond acceptors (Lipinski definition) is 2. The molecule has 0 unspecified atom stereocenters. The van der Waals surface area contributed by atoms with E-state index >= 15 is 0 Å². The average Bonchev–Trinajstić information content (AvgIpc) is 1.82. The zero-order valence-electron chi connectivity index (χ0n) is 7.31. The minimum Gasteiger partial charge on any atom is -0.457 e. The normalized spacial score (nSPS) is 10.8. The Morgan fingerprint density at radius 2 is 2.00 bits per heavy atom. The van der Waals surface area contributed by atoms with E-state index in [1.807, 2.05) is 0 Å². The lowest BCUT2D eigenvalue weighted by atomic mass is 9.98. The lowest BCUT2D eigenvalue weighted by Crippen LogP contribution is -2.24. The third kappa shape index (κ3) is 4.65. The summed E-state index contributed by atoms with van der Waals surface area (Å²) in [6.07, 6.45) is 0.148. The van der Waals surface area contributed by atoms with E-state index in [4.69, 9.17) is 12.6 Å². The summed E-state index contributed by atoms with van der Waals surface area (Å²) in [5, 5.41) is 0. The summed E-state index contributed by atoms with van der Waals surface area (Å²) in [6, 6.07) is 0. The van der Waals surface area contributed by atoms with E-state index in [1.165, 1.54) is 0 Å². The maximum absolute atomic E-state index is 11.0. The van der Waals surface area contributed by atoms with Gasteiger partial charge in [0.1, 0.15) is 5.60 Å². The molecule has 0 bridgehead atoms. The molecule has 0 heterocycles. The highest BCUT2D eigenvalue weighted by atomic mass is 16.6. The van der Waals surface area contributed by atoms with Crippen molar-refractivity contribution in [3.05, 3.63) is 12.2 Å². The van der Waals surface area contributed by atoms with Gasteiger partial charge in [-0.15, -0.1) is 0 Å². The Morgan fingerprint density at radius 1 is 1.55 bits per heavy atom. The number of ether oxygens (including phenoxy) is 1. The summed E-state index contributed by atoms with van der Waals surface area (Å²) in [5.74, 6) is -0.417. The third-order valence-electron chi connectivity index (χ3n) is 0.934. The second kappa shape index (κ2) is 3.60. The van der Waals surface area contributed by atoms with Gasteiger partial charge >= 0.3 is 5.97 Å². The Morgan fingerprint density at radius 3 is 2.27 bits per heavy atom. The van der Waals surface area contributed by atoms with Crippen LogP contribution in [0.25, 0.3) is 0 Å². The minimum atomic E-state index is -0.463. The Labute approximate surface area is 69.0 Å². The van der Waals surface area contributed by atoms with Crippen LogP contribution in [0.2, 0.25) is 6.32 Å². The van der Waals surface area contributed by atoms with Crippen molar-refractivity contribution in [2.24, 2.45) is 0 Å². The fourth-order valence-corrected chi connectivity index (χ4v) is 0.434. The van der Waals surface area contributed by atoms with Gasteiger partial charge in [0, 0.05) is 5.57 Å². The smallest absolute Gasteiger partial charge is 0.333 e. The van der Waals surface area contributed by atoms with E-state index in [9.17, 15) is 4.79 Å². The summed E-state index contributed by atoms with van der Waals surface area (Å²) in [4.78, 5) is 11.0. The minimum absolute atomic E-state index is 0.148. The lowest BCUT2D eigenvalue weighted by molar-refractivity contribution is -0.149. The van der Waals surface area contributed by atoms with Crippen LogP contribution in [-0.2, 0) is 9.53 Å². The molecule has 0 aromatic rings. The van der Waals surface area contributed by atoms with Crippen molar-refractivity contribution < 1.29 is 9.53 Å². The molecule has 0 N–H and O–H groups in total. The third-order valence-corrected chi connectivity index (χ3v) is 0.934. The number of rotatable bonds is 2. The Hall–Kier alpha value is -0.725. The van der Waals surface area contributed by atoms with E-state index in [0.29, 0.717) is 5.57 Å². The first-order valence-corrected chi connectivity index (χ1v) is 3.48. The van der Waals surface area contributed by atoms with E-state index in [1.54, 1.807) is 20.8 Å². The van der Waals surface area contributed by atoms with Crippen LogP contribution in [0.3, 0.4) is 0 Å². The number of hydrogen-bond donors (Lipinski definition) is 0. The maximum atomic E-state index is 11.0. The molecule has 0 aromatic carbocycles. The van der Waals surface area contributed by atoms with Gasteiger partial charge in [-0.3, -0.25) is 0 Å². The van der Waals surface area contributed by atoms with Crippen molar-refractivity contribution in [3.63, 3.8) is 0 Å². The van der Waals surface area contributed by atoms with Gasteiger partial charge in [-0.25, -0.2) is 4.79 Å². The van der Waals surface area contributed by atoms with E-state index in [-0.39, 0.29) is 6.32 Å². The predicted octanol–water partition coefficient (Wildman–Crippen LogP) is 1.47. The molecule has 60 valence electrons. The van der Waals surface area contributed by atoms with Crippen LogP contribution in [-0.4, -0.2) is 19.4 Å². The first kappa shape index (κ1) is 10.3. The van der Waals surface area contributed by atoms with Crippen LogP contribution >= 0.6 is 0 Å². The standard InChI is InChI=1S/C8H13BO2/c1-6(5-9)7(10)11-8(2,3)4/h1,5H2,2-4H3. The van der Waals surface area contributed by atoms with Crippen LogP contribution in [0.4, 0.5) is 0 Å². The number of carbonyl (C=O) groups is 1. The second-order valence-corrected chi connectivity index (χ2v) is 3.31. The maximum Gasteiger partial charge on any atom is 0.333 e. The molecule has 2 radical (unpaired) electrons. The summed E-state index contributed by atoms with van der Waals surface area (Å²) in [6.45, 7) is 8.86. The summed E-state index contributed by atoms with van der Waals surface area (Å²) in [7, 11) is 5.19. The average molecular weight is 152 g/mol. The molecule has 0 amide bonds. The van der Waals surface area contributed by atoms with Crippen molar-refractivity contribution in [1.29, 1.82) is 0 Å². The van der Waals surface area contributed by atoms with E-state index < -0.39 is 11.6 Å². The topological polar surface area (TPSA) is 26.3 Å². The van der Waals surface area contributed by atoms with Crippen molar-refractivity contribution in [2.75, 3.05) is 0 Å². The van der Waals surface area contributed by atoms with Crippen molar-refractivity contribution in [1.82, 2.24) is 0 Å². The summed E-state index contributed by atoms with van der Waals surface area (Å²) in [5.41, 5.74) is -0.158.